The summed E-state index contributed by atoms with van der Waals surface area (Å²) < 4.78 is 0. The van der Waals surface area contributed by atoms with Crippen LogP contribution in [0.1, 0.15) is 32.1 Å². The van der Waals surface area contributed by atoms with Crippen molar-refractivity contribution in [2.75, 3.05) is 0 Å². The number of rotatable bonds is 6. The highest BCUT2D eigenvalue weighted by Gasteiger charge is 2.41. The maximum absolute atomic E-state index is 11.7. The number of carboxylic acid groups (broad SMARTS) is 2. The third-order valence-corrected chi connectivity index (χ3v) is 2.95. The minimum absolute atomic E-state index is 0.146. The van der Waals surface area contributed by atoms with Crippen molar-refractivity contribution >= 4 is 17.8 Å². The molecule has 1 amide bonds. The Labute approximate surface area is 98.0 Å². The van der Waals surface area contributed by atoms with E-state index in [2.05, 4.69) is 5.32 Å². The lowest BCUT2D eigenvalue weighted by atomic mass is 9.77. The average molecular weight is 244 g/mol. The zero-order chi connectivity index (χ0) is 13.1. The SMILES string of the molecule is NC1(C(=O)N[C@@H](CCC(=O)O)C(=O)O)CCC1. The van der Waals surface area contributed by atoms with Crippen LogP contribution in [0.5, 0.6) is 0 Å². The van der Waals surface area contributed by atoms with E-state index in [1.165, 1.54) is 0 Å². The summed E-state index contributed by atoms with van der Waals surface area (Å²) in [6.07, 6.45) is 1.45. The van der Waals surface area contributed by atoms with E-state index < -0.39 is 29.4 Å². The van der Waals surface area contributed by atoms with Crippen LogP contribution in [0.2, 0.25) is 0 Å². The number of aliphatic carboxylic acids is 2. The quantitative estimate of drug-likeness (QED) is 0.489. The van der Waals surface area contributed by atoms with Crippen LogP contribution in [0.25, 0.3) is 0 Å². The van der Waals surface area contributed by atoms with Gasteiger partial charge in [-0.25, -0.2) is 4.79 Å². The summed E-state index contributed by atoms with van der Waals surface area (Å²) in [5.41, 5.74) is 4.75. The van der Waals surface area contributed by atoms with E-state index in [9.17, 15) is 14.4 Å². The molecule has 1 saturated carbocycles. The van der Waals surface area contributed by atoms with Gasteiger partial charge in [-0.3, -0.25) is 9.59 Å². The molecule has 1 aliphatic carbocycles. The van der Waals surface area contributed by atoms with Gasteiger partial charge in [-0.05, 0) is 25.7 Å². The van der Waals surface area contributed by atoms with E-state index in [1.54, 1.807) is 0 Å². The summed E-state index contributed by atoms with van der Waals surface area (Å²) in [4.78, 5) is 32.8. The Morgan fingerprint density at radius 1 is 1.29 bits per heavy atom. The third kappa shape index (κ3) is 3.42. The molecule has 1 rings (SSSR count). The Balaban J connectivity index is 2.51. The van der Waals surface area contributed by atoms with Crippen LogP contribution < -0.4 is 11.1 Å². The standard InChI is InChI=1S/C10H16N2O5/c11-10(4-1-5-10)9(17)12-6(8(15)16)2-3-7(13)14/h6H,1-5,11H2,(H,12,17)(H,13,14)(H,15,16)/t6-/m0/s1. The summed E-state index contributed by atoms with van der Waals surface area (Å²) in [6, 6.07) is -1.19. The molecule has 0 radical (unpaired) electrons. The molecule has 7 heteroatoms. The molecule has 0 heterocycles. The highest BCUT2D eigenvalue weighted by molar-refractivity contribution is 5.90. The predicted molar refractivity (Wildman–Crippen MR) is 57.2 cm³/mol. The van der Waals surface area contributed by atoms with Crippen LogP contribution in [-0.2, 0) is 14.4 Å². The number of carbonyl (C=O) groups excluding carboxylic acids is 1. The topological polar surface area (TPSA) is 130 Å². The summed E-state index contributed by atoms with van der Waals surface area (Å²) >= 11 is 0. The maximum Gasteiger partial charge on any atom is 0.326 e. The zero-order valence-electron chi connectivity index (χ0n) is 9.31. The lowest BCUT2D eigenvalue weighted by Crippen LogP contribution is -2.61. The van der Waals surface area contributed by atoms with E-state index in [4.69, 9.17) is 15.9 Å². The Morgan fingerprint density at radius 3 is 2.24 bits per heavy atom. The Kier molecular flexibility index (Phi) is 4.06. The van der Waals surface area contributed by atoms with Gasteiger partial charge in [-0.1, -0.05) is 0 Å². The molecule has 0 aromatic carbocycles. The van der Waals surface area contributed by atoms with Gasteiger partial charge in [0, 0.05) is 6.42 Å². The van der Waals surface area contributed by atoms with Gasteiger partial charge in [0.15, 0.2) is 0 Å². The second kappa shape index (κ2) is 5.13. The van der Waals surface area contributed by atoms with Crippen molar-refractivity contribution < 1.29 is 24.6 Å². The fourth-order valence-corrected chi connectivity index (χ4v) is 1.61. The molecule has 0 bridgehead atoms. The minimum atomic E-state index is -1.25. The molecule has 1 atom stereocenters. The number of nitrogens with two attached hydrogens (primary N) is 1. The molecule has 17 heavy (non-hydrogen) atoms. The first-order valence-corrected chi connectivity index (χ1v) is 5.39. The van der Waals surface area contributed by atoms with E-state index in [0.717, 1.165) is 6.42 Å². The van der Waals surface area contributed by atoms with E-state index in [0.29, 0.717) is 12.8 Å². The zero-order valence-corrected chi connectivity index (χ0v) is 9.31. The maximum atomic E-state index is 11.7. The van der Waals surface area contributed by atoms with Gasteiger partial charge in [0.2, 0.25) is 5.91 Å². The van der Waals surface area contributed by atoms with Crippen LogP contribution in [0, 0.1) is 0 Å². The second-order valence-electron chi connectivity index (χ2n) is 4.31. The van der Waals surface area contributed by atoms with Crippen molar-refractivity contribution in [3.05, 3.63) is 0 Å². The van der Waals surface area contributed by atoms with Crippen LogP contribution in [0.15, 0.2) is 0 Å². The molecule has 0 spiro atoms. The van der Waals surface area contributed by atoms with Crippen LogP contribution in [-0.4, -0.2) is 39.6 Å². The smallest absolute Gasteiger partial charge is 0.326 e. The van der Waals surface area contributed by atoms with Crippen LogP contribution in [0.3, 0.4) is 0 Å². The molecule has 0 aromatic rings. The summed E-state index contributed by atoms with van der Waals surface area (Å²) in [7, 11) is 0. The molecular formula is C10H16N2O5. The molecule has 96 valence electrons. The first-order chi connectivity index (χ1) is 7.85. The summed E-state index contributed by atoms with van der Waals surface area (Å²) in [6.45, 7) is 0. The van der Waals surface area contributed by atoms with E-state index in [-0.39, 0.29) is 12.8 Å². The molecular weight excluding hydrogens is 228 g/mol. The monoisotopic (exact) mass is 244 g/mol. The predicted octanol–water partition coefficient (Wildman–Crippen LogP) is -0.698. The van der Waals surface area contributed by atoms with Gasteiger partial charge < -0.3 is 21.3 Å². The second-order valence-corrected chi connectivity index (χ2v) is 4.31. The fraction of sp³-hybridized carbons (Fsp3) is 0.700. The van der Waals surface area contributed by atoms with Crippen LogP contribution in [0.4, 0.5) is 0 Å². The Morgan fingerprint density at radius 2 is 1.88 bits per heavy atom. The Hall–Kier alpha value is -1.63. The number of hydrogen-bond acceptors (Lipinski definition) is 4. The number of amides is 1. The van der Waals surface area contributed by atoms with Crippen molar-refractivity contribution in [2.24, 2.45) is 5.73 Å². The van der Waals surface area contributed by atoms with Crippen molar-refractivity contribution in [3.63, 3.8) is 0 Å². The van der Waals surface area contributed by atoms with Gasteiger partial charge in [0.25, 0.3) is 0 Å². The van der Waals surface area contributed by atoms with Crippen molar-refractivity contribution in [2.45, 2.75) is 43.7 Å². The number of hydrogen-bond donors (Lipinski definition) is 4. The lowest BCUT2D eigenvalue weighted by molar-refractivity contribution is -0.144. The minimum Gasteiger partial charge on any atom is -0.481 e. The van der Waals surface area contributed by atoms with Gasteiger partial charge >= 0.3 is 11.9 Å². The molecule has 7 nitrogen and oxygen atoms in total. The fourth-order valence-electron chi connectivity index (χ4n) is 1.61. The number of carbonyl (C=O) groups is 3. The molecule has 1 aliphatic rings. The summed E-state index contributed by atoms with van der Waals surface area (Å²) in [5.74, 6) is -2.86. The van der Waals surface area contributed by atoms with Crippen molar-refractivity contribution in [1.29, 1.82) is 0 Å². The molecule has 5 N–H and O–H groups in total. The summed E-state index contributed by atoms with van der Waals surface area (Å²) in [5, 5.41) is 19.6. The number of nitrogens with one attached hydrogen (secondary N) is 1. The van der Waals surface area contributed by atoms with Crippen LogP contribution >= 0.6 is 0 Å². The molecule has 0 saturated heterocycles. The highest BCUT2D eigenvalue weighted by Crippen LogP contribution is 2.29. The van der Waals surface area contributed by atoms with Crippen molar-refractivity contribution in [1.82, 2.24) is 5.32 Å². The molecule has 1 fully saturated rings. The van der Waals surface area contributed by atoms with E-state index in [1.807, 2.05) is 0 Å². The molecule has 0 aliphatic heterocycles. The molecule has 0 aromatic heterocycles. The number of carboxylic acids is 2. The average Bonchev–Trinajstić information content (AvgIpc) is 2.19. The van der Waals surface area contributed by atoms with Gasteiger partial charge in [-0.15, -0.1) is 0 Å². The van der Waals surface area contributed by atoms with Gasteiger partial charge in [-0.2, -0.15) is 0 Å². The first-order valence-electron chi connectivity index (χ1n) is 5.39. The normalized spacial score (nSPS) is 18.9. The highest BCUT2D eigenvalue weighted by atomic mass is 16.4. The largest absolute Gasteiger partial charge is 0.481 e. The molecule has 0 unspecified atom stereocenters. The van der Waals surface area contributed by atoms with Gasteiger partial charge in [0.05, 0.1) is 5.54 Å². The lowest BCUT2D eigenvalue weighted by Gasteiger charge is -2.36. The van der Waals surface area contributed by atoms with Crippen molar-refractivity contribution in [3.8, 4) is 0 Å². The van der Waals surface area contributed by atoms with Gasteiger partial charge in [0.1, 0.15) is 6.04 Å². The first kappa shape index (κ1) is 13.4. The van der Waals surface area contributed by atoms with E-state index >= 15 is 0 Å². The third-order valence-electron chi connectivity index (χ3n) is 2.95. The Bertz CT molecular complexity index is 338.